The Labute approximate surface area is 214 Å². The van der Waals surface area contributed by atoms with E-state index in [4.69, 9.17) is 0 Å². The van der Waals surface area contributed by atoms with Crippen molar-refractivity contribution in [1.82, 2.24) is 0 Å². The van der Waals surface area contributed by atoms with Crippen molar-refractivity contribution in [2.45, 2.75) is 105 Å². The zero-order valence-corrected chi connectivity index (χ0v) is 22.8. The largest absolute Gasteiger partial charge is 0.481 e. The standard InChI is InChI=1S/C30H44O6/c1-25-11-12-26(2,23(33)34)16-18(25)17-15-19(31)22-27(3)9-8-21(32)30(6,24(35)36)20(27)7-10-29(22,5)28(17,4)14-13-25/h15,18,20-22,32H,7-14,16H2,1-6H3,(H,33,34)(H,35,36). The van der Waals surface area contributed by atoms with Crippen LogP contribution >= 0.6 is 0 Å². The highest BCUT2D eigenvalue weighted by Crippen LogP contribution is 2.75. The van der Waals surface area contributed by atoms with Gasteiger partial charge in [0.05, 0.1) is 16.9 Å². The molecular formula is C30H44O6. The molecule has 6 heteroatoms. The van der Waals surface area contributed by atoms with Crippen LogP contribution < -0.4 is 0 Å². The van der Waals surface area contributed by atoms with Crippen molar-refractivity contribution in [2.24, 2.45) is 50.2 Å². The highest BCUT2D eigenvalue weighted by atomic mass is 16.4. The van der Waals surface area contributed by atoms with E-state index < -0.39 is 34.3 Å². The summed E-state index contributed by atoms with van der Waals surface area (Å²) >= 11 is 0. The Hall–Kier alpha value is -1.69. The topological polar surface area (TPSA) is 112 Å². The maximum absolute atomic E-state index is 14.2. The minimum absolute atomic E-state index is 0.00170. The molecule has 4 saturated carbocycles. The number of rotatable bonds is 2. The summed E-state index contributed by atoms with van der Waals surface area (Å²) in [7, 11) is 0. The molecule has 0 aliphatic heterocycles. The average Bonchev–Trinajstić information content (AvgIpc) is 2.79. The highest BCUT2D eigenvalue weighted by Gasteiger charge is 2.71. The molecule has 0 aromatic heterocycles. The van der Waals surface area contributed by atoms with Gasteiger partial charge in [-0.05, 0) is 111 Å². The van der Waals surface area contributed by atoms with Crippen LogP contribution in [0.25, 0.3) is 0 Å². The van der Waals surface area contributed by atoms with E-state index >= 15 is 0 Å². The number of carbonyl (C=O) groups is 3. The number of carboxylic acid groups (broad SMARTS) is 2. The van der Waals surface area contributed by atoms with Crippen LogP contribution in [0.5, 0.6) is 0 Å². The summed E-state index contributed by atoms with van der Waals surface area (Å²) in [5.41, 5.74) is -1.97. The lowest BCUT2D eigenvalue weighted by Crippen LogP contribution is -2.68. The lowest BCUT2D eigenvalue weighted by atomic mass is 9.33. The van der Waals surface area contributed by atoms with E-state index in [0.29, 0.717) is 32.1 Å². The first-order valence-electron chi connectivity index (χ1n) is 13.9. The molecule has 200 valence electrons. The Morgan fingerprint density at radius 2 is 1.50 bits per heavy atom. The summed E-state index contributed by atoms with van der Waals surface area (Å²) in [6.45, 7) is 12.5. The van der Waals surface area contributed by atoms with E-state index in [2.05, 4.69) is 27.7 Å². The molecule has 4 fully saturated rings. The molecular weight excluding hydrogens is 456 g/mol. The van der Waals surface area contributed by atoms with Crippen molar-refractivity contribution >= 4 is 17.7 Å². The van der Waals surface area contributed by atoms with Crippen LogP contribution in [0, 0.1) is 50.2 Å². The number of aliphatic carboxylic acids is 2. The number of aliphatic hydroxyl groups is 1. The zero-order chi connectivity index (χ0) is 26.7. The molecule has 0 amide bonds. The van der Waals surface area contributed by atoms with Crippen molar-refractivity contribution in [1.29, 1.82) is 0 Å². The summed E-state index contributed by atoms with van der Waals surface area (Å²) in [4.78, 5) is 39.0. The van der Waals surface area contributed by atoms with Gasteiger partial charge in [0, 0.05) is 5.92 Å². The van der Waals surface area contributed by atoms with Gasteiger partial charge in [-0.2, -0.15) is 0 Å². The van der Waals surface area contributed by atoms with E-state index in [1.807, 2.05) is 13.0 Å². The van der Waals surface area contributed by atoms with Crippen molar-refractivity contribution in [3.63, 3.8) is 0 Å². The predicted molar refractivity (Wildman–Crippen MR) is 135 cm³/mol. The van der Waals surface area contributed by atoms with Gasteiger partial charge in [0.15, 0.2) is 5.78 Å². The number of ketones is 1. The van der Waals surface area contributed by atoms with Gasteiger partial charge >= 0.3 is 11.9 Å². The summed E-state index contributed by atoms with van der Waals surface area (Å²) < 4.78 is 0. The van der Waals surface area contributed by atoms with Gasteiger partial charge in [0.25, 0.3) is 0 Å². The number of hydrogen-bond acceptors (Lipinski definition) is 4. The Morgan fingerprint density at radius 1 is 0.861 bits per heavy atom. The van der Waals surface area contributed by atoms with Gasteiger partial charge in [-0.3, -0.25) is 14.4 Å². The van der Waals surface area contributed by atoms with Crippen molar-refractivity contribution in [3.8, 4) is 0 Å². The molecule has 0 aromatic rings. The maximum atomic E-state index is 14.2. The number of carboxylic acids is 2. The Kier molecular flexibility index (Phi) is 5.37. The fraction of sp³-hybridized carbons (Fsp3) is 0.833. The van der Waals surface area contributed by atoms with Crippen molar-refractivity contribution in [3.05, 3.63) is 11.6 Å². The Morgan fingerprint density at radius 3 is 2.11 bits per heavy atom. The molecule has 0 heterocycles. The molecule has 0 spiro atoms. The minimum Gasteiger partial charge on any atom is -0.481 e. The van der Waals surface area contributed by atoms with E-state index in [9.17, 15) is 29.7 Å². The first kappa shape index (κ1) is 25.9. The summed E-state index contributed by atoms with van der Waals surface area (Å²) in [6.07, 6.45) is 7.51. The molecule has 6 nitrogen and oxygen atoms in total. The SMILES string of the molecule is CC1(C(=O)O)CCC2(C)CCC3(C)C(=CC(=O)C4C5(C)CCC(O)C(C)(C(=O)O)C5CCC43C)C2C1. The van der Waals surface area contributed by atoms with Crippen LogP contribution in [0.4, 0.5) is 0 Å². The Balaban J connectivity index is 1.63. The van der Waals surface area contributed by atoms with Gasteiger partial charge in [-0.25, -0.2) is 0 Å². The van der Waals surface area contributed by atoms with Gasteiger partial charge in [0.2, 0.25) is 0 Å². The molecule has 10 atom stereocenters. The van der Waals surface area contributed by atoms with Crippen LogP contribution in [0.1, 0.15) is 99.3 Å². The van der Waals surface area contributed by atoms with E-state index in [0.717, 1.165) is 31.3 Å². The van der Waals surface area contributed by atoms with Crippen molar-refractivity contribution < 1.29 is 29.7 Å². The monoisotopic (exact) mass is 500 g/mol. The zero-order valence-electron chi connectivity index (χ0n) is 22.8. The Bertz CT molecular complexity index is 1060. The lowest BCUT2D eigenvalue weighted by molar-refractivity contribution is -0.215. The smallest absolute Gasteiger partial charge is 0.312 e. The summed E-state index contributed by atoms with van der Waals surface area (Å²) in [6, 6.07) is 0. The minimum atomic E-state index is -1.27. The maximum Gasteiger partial charge on any atom is 0.312 e. The molecule has 36 heavy (non-hydrogen) atoms. The quantitative estimate of drug-likeness (QED) is 0.463. The summed E-state index contributed by atoms with van der Waals surface area (Å²) in [5.74, 6) is -2.13. The predicted octanol–water partition coefficient (Wildman–Crippen LogP) is 5.48. The molecule has 10 unspecified atom stereocenters. The second kappa shape index (κ2) is 7.45. The summed E-state index contributed by atoms with van der Waals surface area (Å²) in [5, 5.41) is 31.1. The van der Waals surface area contributed by atoms with Crippen LogP contribution in [-0.2, 0) is 14.4 Å². The van der Waals surface area contributed by atoms with Crippen LogP contribution in [0.2, 0.25) is 0 Å². The second-order valence-electron chi connectivity index (χ2n) is 14.7. The van der Waals surface area contributed by atoms with Gasteiger partial charge < -0.3 is 15.3 Å². The van der Waals surface area contributed by atoms with Gasteiger partial charge in [0.1, 0.15) is 0 Å². The molecule has 0 bridgehead atoms. The number of aliphatic hydroxyl groups excluding tert-OH is 1. The first-order valence-corrected chi connectivity index (χ1v) is 13.9. The van der Waals surface area contributed by atoms with E-state index in [1.54, 1.807) is 6.92 Å². The van der Waals surface area contributed by atoms with E-state index in [-0.39, 0.29) is 39.8 Å². The van der Waals surface area contributed by atoms with Crippen LogP contribution in [0.3, 0.4) is 0 Å². The first-order chi connectivity index (χ1) is 16.5. The molecule has 5 aliphatic rings. The normalized spacial score (nSPS) is 54.3. The van der Waals surface area contributed by atoms with E-state index in [1.165, 1.54) is 0 Å². The third kappa shape index (κ3) is 2.91. The molecule has 0 saturated heterocycles. The molecule has 5 aliphatic carbocycles. The number of fused-ring (bicyclic) bond motifs is 7. The van der Waals surface area contributed by atoms with Gasteiger partial charge in [-0.1, -0.05) is 33.3 Å². The molecule has 0 aromatic carbocycles. The number of carbonyl (C=O) groups excluding carboxylic acids is 1. The average molecular weight is 501 g/mol. The third-order valence-corrected chi connectivity index (χ3v) is 13.2. The highest BCUT2D eigenvalue weighted by molar-refractivity contribution is 5.96. The molecule has 0 radical (unpaired) electrons. The van der Waals surface area contributed by atoms with Crippen LogP contribution in [-0.4, -0.2) is 39.1 Å². The lowest BCUT2D eigenvalue weighted by Gasteiger charge is -2.70. The molecule has 3 N–H and O–H groups in total. The van der Waals surface area contributed by atoms with Gasteiger partial charge in [-0.15, -0.1) is 0 Å². The fourth-order valence-corrected chi connectivity index (χ4v) is 10.3. The van der Waals surface area contributed by atoms with Crippen LogP contribution in [0.15, 0.2) is 11.6 Å². The fourth-order valence-electron chi connectivity index (χ4n) is 10.3. The number of allylic oxidation sites excluding steroid dienone is 2. The third-order valence-electron chi connectivity index (χ3n) is 13.2. The number of hydrogen-bond donors (Lipinski definition) is 3. The molecule has 5 rings (SSSR count). The van der Waals surface area contributed by atoms with Crippen molar-refractivity contribution in [2.75, 3.05) is 0 Å². The second-order valence-corrected chi connectivity index (χ2v) is 14.7.